The van der Waals surface area contributed by atoms with Crippen LogP contribution in [0.2, 0.25) is 0 Å². The number of allylic oxidation sites excluding steroid dienone is 2. The van der Waals surface area contributed by atoms with Crippen molar-refractivity contribution in [3.63, 3.8) is 0 Å². The molecule has 1 aromatic rings. The molecule has 0 aromatic carbocycles. The van der Waals surface area contributed by atoms with Gasteiger partial charge in [0.2, 0.25) is 0 Å². The van der Waals surface area contributed by atoms with E-state index < -0.39 is 5.91 Å². The molecule has 3 fully saturated rings. The van der Waals surface area contributed by atoms with Crippen LogP contribution in [0.5, 0.6) is 0 Å². The third kappa shape index (κ3) is 1.48. The van der Waals surface area contributed by atoms with Crippen molar-refractivity contribution < 1.29 is 14.4 Å². The SMILES string of the molecule is O=C(NN1C(=O)C2C3C=CC([C@H]2C1=O)C31CC1)c1cccnc1. The lowest BCUT2D eigenvalue weighted by Gasteiger charge is -2.21. The van der Waals surface area contributed by atoms with Gasteiger partial charge in [0, 0.05) is 12.4 Å². The van der Waals surface area contributed by atoms with Gasteiger partial charge in [-0.05, 0) is 42.2 Å². The highest BCUT2D eigenvalue weighted by molar-refractivity contribution is 6.09. The summed E-state index contributed by atoms with van der Waals surface area (Å²) < 4.78 is 0. The van der Waals surface area contributed by atoms with Gasteiger partial charge in [-0.1, -0.05) is 12.2 Å². The van der Waals surface area contributed by atoms with Crippen molar-refractivity contribution in [2.24, 2.45) is 29.1 Å². The second-order valence-electron chi connectivity index (χ2n) is 6.92. The number of fused-ring (bicyclic) bond motifs is 3. The van der Waals surface area contributed by atoms with Gasteiger partial charge in [-0.2, -0.15) is 5.01 Å². The van der Waals surface area contributed by atoms with Crippen LogP contribution in [-0.2, 0) is 9.59 Å². The Labute approximate surface area is 132 Å². The van der Waals surface area contributed by atoms with Crippen LogP contribution in [0.25, 0.3) is 0 Å². The molecule has 6 heteroatoms. The zero-order valence-electron chi connectivity index (χ0n) is 12.3. The average Bonchev–Trinajstić information content (AvgIpc) is 3.18. The molecule has 5 rings (SSSR count). The number of hydrazine groups is 1. The van der Waals surface area contributed by atoms with E-state index in [2.05, 4.69) is 22.6 Å². The highest BCUT2D eigenvalue weighted by Crippen LogP contribution is 2.73. The minimum atomic E-state index is -0.485. The molecule has 2 saturated carbocycles. The van der Waals surface area contributed by atoms with Crippen LogP contribution in [0.4, 0.5) is 0 Å². The fraction of sp³-hybridized carbons (Fsp3) is 0.412. The largest absolute Gasteiger partial charge is 0.272 e. The third-order valence-electron chi connectivity index (χ3n) is 5.99. The zero-order valence-corrected chi connectivity index (χ0v) is 12.3. The fourth-order valence-electron chi connectivity index (χ4n) is 4.85. The number of rotatable bonds is 2. The Bertz CT molecular complexity index is 735. The van der Waals surface area contributed by atoms with Crippen molar-refractivity contribution in [3.8, 4) is 0 Å². The normalized spacial score (nSPS) is 35.0. The smallest absolute Gasteiger partial charge is 0.271 e. The van der Waals surface area contributed by atoms with Crippen molar-refractivity contribution >= 4 is 17.7 Å². The van der Waals surface area contributed by atoms with E-state index in [1.165, 1.54) is 6.20 Å². The Morgan fingerprint density at radius 2 is 1.83 bits per heavy atom. The molecule has 2 bridgehead atoms. The van der Waals surface area contributed by atoms with Crippen molar-refractivity contribution in [2.45, 2.75) is 12.8 Å². The summed E-state index contributed by atoms with van der Waals surface area (Å²) in [5.74, 6) is -1.28. The Morgan fingerprint density at radius 1 is 1.17 bits per heavy atom. The minimum absolute atomic E-state index is 0.161. The number of nitrogens with one attached hydrogen (secondary N) is 1. The maximum atomic E-state index is 12.7. The van der Waals surface area contributed by atoms with E-state index in [0.717, 1.165) is 17.9 Å². The van der Waals surface area contributed by atoms with Crippen LogP contribution < -0.4 is 5.43 Å². The predicted molar refractivity (Wildman–Crippen MR) is 78.3 cm³/mol. The van der Waals surface area contributed by atoms with Crippen LogP contribution in [0.1, 0.15) is 23.2 Å². The molecule has 1 spiro atoms. The molecular weight excluding hydrogens is 294 g/mol. The Hall–Kier alpha value is -2.50. The molecule has 23 heavy (non-hydrogen) atoms. The minimum Gasteiger partial charge on any atom is -0.272 e. The van der Waals surface area contributed by atoms with Gasteiger partial charge < -0.3 is 0 Å². The lowest BCUT2D eigenvalue weighted by atomic mass is 9.85. The van der Waals surface area contributed by atoms with Crippen molar-refractivity contribution in [1.29, 1.82) is 0 Å². The molecule has 6 nitrogen and oxygen atoms in total. The lowest BCUT2D eigenvalue weighted by Crippen LogP contribution is -2.47. The van der Waals surface area contributed by atoms with E-state index >= 15 is 0 Å². The molecule has 4 atom stereocenters. The van der Waals surface area contributed by atoms with Crippen molar-refractivity contribution in [3.05, 3.63) is 42.2 Å². The third-order valence-corrected chi connectivity index (χ3v) is 5.99. The summed E-state index contributed by atoms with van der Waals surface area (Å²) >= 11 is 0. The molecule has 1 N–H and O–H groups in total. The molecule has 1 aromatic heterocycles. The number of amides is 3. The van der Waals surface area contributed by atoms with E-state index in [0.29, 0.717) is 5.56 Å². The number of carbonyl (C=O) groups excluding carboxylic acids is 3. The zero-order chi connectivity index (χ0) is 15.8. The molecular formula is C17H15N3O3. The van der Waals surface area contributed by atoms with E-state index in [9.17, 15) is 14.4 Å². The maximum Gasteiger partial charge on any atom is 0.271 e. The van der Waals surface area contributed by atoms with Gasteiger partial charge >= 0.3 is 0 Å². The monoisotopic (exact) mass is 309 g/mol. The molecule has 2 heterocycles. The number of hydrogen-bond donors (Lipinski definition) is 1. The summed E-state index contributed by atoms with van der Waals surface area (Å²) in [6.45, 7) is 0. The molecule has 3 aliphatic carbocycles. The van der Waals surface area contributed by atoms with E-state index in [-0.39, 0.29) is 40.9 Å². The molecule has 1 aliphatic heterocycles. The van der Waals surface area contributed by atoms with Gasteiger partial charge in [0.25, 0.3) is 17.7 Å². The first kappa shape index (κ1) is 13.0. The Kier molecular flexibility index (Phi) is 2.30. The summed E-state index contributed by atoms with van der Waals surface area (Å²) in [4.78, 5) is 41.5. The van der Waals surface area contributed by atoms with Crippen molar-refractivity contribution in [1.82, 2.24) is 15.4 Å². The Morgan fingerprint density at radius 3 is 2.35 bits per heavy atom. The topological polar surface area (TPSA) is 79.4 Å². The first-order valence-corrected chi connectivity index (χ1v) is 7.91. The second kappa shape index (κ2) is 4.07. The number of pyridine rings is 1. The number of imide groups is 1. The average molecular weight is 309 g/mol. The second-order valence-corrected chi connectivity index (χ2v) is 6.92. The molecule has 3 amide bonds. The van der Waals surface area contributed by atoms with Gasteiger partial charge in [0.1, 0.15) is 0 Å². The first-order chi connectivity index (χ1) is 11.1. The number of aromatic nitrogens is 1. The molecule has 0 radical (unpaired) electrons. The van der Waals surface area contributed by atoms with Gasteiger partial charge in [-0.25, -0.2) is 0 Å². The molecule has 4 aliphatic rings. The van der Waals surface area contributed by atoms with E-state index in [1.54, 1.807) is 18.3 Å². The number of hydrogen-bond acceptors (Lipinski definition) is 4. The summed E-state index contributed by atoms with van der Waals surface area (Å²) in [7, 11) is 0. The summed E-state index contributed by atoms with van der Waals surface area (Å²) in [6.07, 6.45) is 9.39. The Balaban J connectivity index is 1.42. The standard InChI is InChI=1S/C17H15N3O3/c21-14(9-2-1-7-18-8-9)19-20-15(22)12-10-3-4-11(13(12)16(20)23)17(10)5-6-17/h1-4,7-8,10-13H,5-6H2,(H,19,21)/t10?,11?,12-,13?/m1/s1. The summed E-state index contributed by atoms with van der Waals surface area (Å²) in [6, 6.07) is 3.23. The van der Waals surface area contributed by atoms with Crippen molar-refractivity contribution in [2.75, 3.05) is 0 Å². The highest BCUT2D eigenvalue weighted by atomic mass is 16.2. The summed E-state index contributed by atoms with van der Waals surface area (Å²) in [5, 5.41) is 0.937. The van der Waals surface area contributed by atoms with Gasteiger partial charge in [-0.15, -0.1) is 0 Å². The van der Waals surface area contributed by atoms with Gasteiger partial charge in [-0.3, -0.25) is 24.8 Å². The first-order valence-electron chi connectivity index (χ1n) is 7.91. The summed E-state index contributed by atoms with van der Waals surface area (Å²) in [5.41, 5.74) is 2.96. The predicted octanol–water partition coefficient (Wildman–Crippen LogP) is 0.924. The van der Waals surface area contributed by atoms with Crippen LogP contribution in [0.15, 0.2) is 36.7 Å². The van der Waals surface area contributed by atoms with Gasteiger partial charge in [0.15, 0.2) is 0 Å². The van der Waals surface area contributed by atoms with Crippen LogP contribution in [0, 0.1) is 29.1 Å². The lowest BCUT2D eigenvalue weighted by molar-refractivity contribution is -0.144. The fourth-order valence-corrected chi connectivity index (χ4v) is 4.85. The highest BCUT2D eigenvalue weighted by Gasteiger charge is 2.73. The molecule has 116 valence electrons. The number of nitrogens with zero attached hydrogens (tertiary/aromatic N) is 2. The molecule has 3 unspecified atom stereocenters. The quantitative estimate of drug-likeness (QED) is 0.651. The maximum absolute atomic E-state index is 12.7. The number of carbonyl (C=O) groups is 3. The van der Waals surface area contributed by atoms with Crippen LogP contribution >= 0.6 is 0 Å². The molecule has 1 saturated heterocycles. The van der Waals surface area contributed by atoms with Crippen LogP contribution in [-0.4, -0.2) is 27.7 Å². The van der Waals surface area contributed by atoms with E-state index in [1.807, 2.05) is 0 Å². The van der Waals surface area contributed by atoms with Gasteiger partial charge in [0.05, 0.1) is 17.4 Å². The van der Waals surface area contributed by atoms with E-state index in [4.69, 9.17) is 0 Å². The van der Waals surface area contributed by atoms with Crippen LogP contribution in [0.3, 0.4) is 0 Å².